The van der Waals surface area contributed by atoms with Gasteiger partial charge < -0.3 is 5.11 Å². The van der Waals surface area contributed by atoms with E-state index in [1.165, 1.54) is 5.56 Å². The maximum absolute atomic E-state index is 10.5. The van der Waals surface area contributed by atoms with Gasteiger partial charge in [0.05, 0.1) is 0 Å². The van der Waals surface area contributed by atoms with Crippen LogP contribution >= 0.6 is 12.6 Å². The lowest BCUT2D eigenvalue weighted by molar-refractivity contribution is 0.423. The third-order valence-corrected chi connectivity index (χ3v) is 3.41. The zero-order valence-electron chi connectivity index (χ0n) is 12.5. The molecule has 0 saturated heterocycles. The number of thiol groups is 1. The predicted molar refractivity (Wildman–Crippen MR) is 83.1 cm³/mol. The molecule has 0 bridgehead atoms. The molecule has 0 atom stereocenters. The van der Waals surface area contributed by atoms with Crippen LogP contribution in [-0.2, 0) is 17.3 Å². The second-order valence-corrected chi connectivity index (χ2v) is 7.46. The molecule has 0 radical (unpaired) electrons. The van der Waals surface area contributed by atoms with Crippen LogP contribution in [-0.4, -0.2) is 10.9 Å². The largest absolute Gasteiger partial charge is 0.507 e. The Morgan fingerprint density at radius 2 is 1.33 bits per heavy atom. The molecule has 1 N–H and O–H groups in total. The van der Waals surface area contributed by atoms with E-state index in [2.05, 4.69) is 66.3 Å². The molecule has 0 aliphatic rings. The summed E-state index contributed by atoms with van der Waals surface area (Å²) in [7, 11) is 0. The van der Waals surface area contributed by atoms with Crippen LogP contribution in [0.25, 0.3) is 0 Å². The van der Waals surface area contributed by atoms with Crippen molar-refractivity contribution in [3.8, 4) is 5.75 Å². The Labute approximate surface area is 117 Å². The van der Waals surface area contributed by atoms with Crippen molar-refractivity contribution >= 4 is 12.6 Å². The van der Waals surface area contributed by atoms with Gasteiger partial charge in [0.25, 0.3) is 0 Å². The summed E-state index contributed by atoms with van der Waals surface area (Å²) in [5.74, 6) is 1.29. The first-order valence-corrected chi connectivity index (χ1v) is 7.18. The second-order valence-electron chi connectivity index (χ2n) is 7.01. The molecule has 0 fully saturated rings. The molecule has 0 aliphatic heterocycles. The van der Waals surface area contributed by atoms with Crippen LogP contribution in [0.15, 0.2) is 12.1 Å². The highest BCUT2D eigenvalue weighted by atomic mass is 32.1. The van der Waals surface area contributed by atoms with E-state index in [0.717, 1.165) is 23.3 Å². The van der Waals surface area contributed by atoms with E-state index >= 15 is 0 Å². The highest BCUT2D eigenvalue weighted by Gasteiger charge is 2.26. The topological polar surface area (TPSA) is 20.2 Å². The first kappa shape index (κ1) is 15.4. The number of hydrogen-bond donors (Lipinski definition) is 2. The molecule has 1 aromatic carbocycles. The Morgan fingerprint density at radius 1 is 0.944 bits per heavy atom. The molecular weight excluding hydrogens is 240 g/mol. The molecule has 1 aromatic rings. The minimum absolute atomic E-state index is 0.0449. The number of rotatable bonds is 2. The van der Waals surface area contributed by atoms with Gasteiger partial charge in [-0.1, -0.05) is 53.7 Å². The van der Waals surface area contributed by atoms with Gasteiger partial charge >= 0.3 is 0 Å². The van der Waals surface area contributed by atoms with Gasteiger partial charge in [-0.05, 0) is 39.7 Å². The zero-order chi connectivity index (χ0) is 14.1. The van der Waals surface area contributed by atoms with Crippen LogP contribution in [0.1, 0.15) is 58.2 Å². The first-order chi connectivity index (χ1) is 8.07. The molecule has 0 heterocycles. The standard InChI is InChI=1S/C16H26OS/c1-15(2,3)12-9-11(7-8-18)10-13(14(12)17)16(4,5)6/h9-10,17-18H,7-8H2,1-6H3. The Morgan fingerprint density at radius 3 is 1.61 bits per heavy atom. The van der Waals surface area contributed by atoms with E-state index in [0.29, 0.717) is 5.75 Å². The van der Waals surface area contributed by atoms with Crippen LogP contribution in [0, 0.1) is 0 Å². The summed E-state index contributed by atoms with van der Waals surface area (Å²) >= 11 is 4.31. The molecule has 0 aliphatic carbocycles. The number of aryl methyl sites for hydroxylation is 1. The Kier molecular flexibility index (Phi) is 4.42. The SMILES string of the molecule is CC(C)(C)c1cc(CCS)cc(C(C)(C)C)c1O. The Hall–Kier alpha value is -0.630. The number of aromatic hydroxyl groups is 1. The molecular formula is C16H26OS. The highest BCUT2D eigenvalue weighted by molar-refractivity contribution is 7.80. The van der Waals surface area contributed by atoms with Crippen molar-refractivity contribution in [1.82, 2.24) is 0 Å². The maximum Gasteiger partial charge on any atom is 0.123 e. The van der Waals surface area contributed by atoms with Crippen LogP contribution in [0.3, 0.4) is 0 Å². The minimum Gasteiger partial charge on any atom is -0.507 e. The lowest BCUT2D eigenvalue weighted by Gasteiger charge is -2.28. The van der Waals surface area contributed by atoms with Gasteiger partial charge in [0.1, 0.15) is 5.75 Å². The molecule has 0 aromatic heterocycles. The molecule has 0 saturated carbocycles. The fraction of sp³-hybridized carbons (Fsp3) is 0.625. The summed E-state index contributed by atoms with van der Waals surface area (Å²) in [6, 6.07) is 4.25. The number of hydrogen-bond acceptors (Lipinski definition) is 2. The first-order valence-electron chi connectivity index (χ1n) is 6.55. The molecule has 0 spiro atoms. The lowest BCUT2D eigenvalue weighted by Crippen LogP contribution is -2.18. The zero-order valence-corrected chi connectivity index (χ0v) is 13.4. The summed E-state index contributed by atoms with van der Waals surface area (Å²) in [5, 5.41) is 10.5. The smallest absolute Gasteiger partial charge is 0.123 e. The van der Waals surface area contributed by atoms with Gasteiger partial charge in [0.15, 0.2) is 0 Å². The van der Waals surface area contributed by atoms with E-state index in [-0.39, 0.29) is 10.8 Å². The second kappa shape index (κ2) is 5.16. The quantitative estimate of drug-likeness (QED) is 0.757. The van der Waals surface area contributed by atoms with Gasteiger partial charge in [-0.15, -0.1) is 0 Å². The molecule has 0 amide bonds. The molecule has 0 unspecified atom stereocenters. The van der Waals surface area contributed by atoms with Gasteiger partial charge in [0, 0.05) is 0 Å². The van der Waals surface area contributed by atoms with E-state index < -0.39 is 0 Å². The molecule has 2 heteroatoms. The van der Waals surface area contributed by atoms with Gasteiger partial charge in [-0.3, -0.25) is 0 Å². The fourth-order valence-electron chi connectivity index (χ4n) is 2.11. The molecule has 102 valence electrons. The van der Waals surface area contributed by atoms with Gasteiger partial charge in [0.2, 0.25) is 0 Å². The van der Waals surface area contributed by atoms with E-state index in [4.69, 9.17) is 0 Å². The van der Waals surface area contributed by atoms with Crippen molar-refractivity contribution < 1.29 is 5.11 Å². The van der Waals surface area contributed by atoms with Crippen molar-refractivity contribution in [1.29, 1.82) is 0 Å². The van der Waals surface area contributed by atoms with E-state index in [1.807, 2.05) is 0 Å². The average molecular weight is 266 g/mol. The number of benzene rings is 1. The van der Waals surface area contributed by atoms with Crippen LogP contribution in [0.5, 0.6) is 5.75 Å². The summed E-state index contributed by atoms with van der Waals surface area (Å²) < 4.78 is 0. The molecule has 1 nitrogen and oxygen atoms in total. The lowest BCUT2D eigenvalue weighted by atomic mass is 9.78. The minimum atomic E-state index is -0.0449. The summed E-state index contributed by atoms with van der Waals surface area (Å²) in [5.41, 5.74) is 3.24. The summed E-state index contributed by atoms with van der Waals surface area (Å²) in [4.78, 5) is 0. The number of phenols is 1. The Bertz CT molecular complexity index is 387. The summed E-state index contributed by atoms with van der Waals surface area (Å²) in [6.07, 6.45) is 0.940. The van der Waals surface area contributed by atoms with Crippen molar-refractivity contribution in [2.24, 2.45) is 0 Å². The van der Waals surface area contributed by atoms with Crippen molar-refractivity contribution in [2.45, 2.75) is 58.8 Å². The van der Waals surface area contributed by atoms with Gasteiger partial charge in [-0.25, -0.2) is 0 Å². The van der Waals surface area contributed by atoms with E-state index in [9.17, 15) is 5.11 Å². The summed E-state index contributed by atoms with van der Waals surface area (Å²) in [6.45, 7) is 12.8. The van der Waals surface area contributed by atoms with E-state index in [1.54, 1.807) is 0 Å². The maximum atomic E-state index is 10.5. The monoisotopic (exact) mass is 266 g/mol. The highest BCUT2D eigenvalue weighted by Crippen LogP contribution is 2.39. The van der Waals surface area contributed by atoms with Crippen molar-refractivity contribution in [3.63, 3.8) is 0 Å². The van der Waals surface area contributed by atoms with Crippen molar-refractivity contribution in [3.05, 3.63) is 28.8 Å². The fourth-order valence-corrected chi connectivity index (χ4v) is 2.37. The van der Waals surface area contributed by atoms with Crippen LogP contribution in [0.2, 0.25) is 0 Å². The van der Waals surface area contributed by atoms with Crippen LogP contribution in [0.4, 0.5) is 0 Å². The average Bonchev–Trinajstić information content (AvgIpc) is 2.17. The van der Waals surface area contributed by atoms with Crippen LogP contribution < -0.4 is 0 Å². The molecule has 18 heavy (non-hydrogen) atoms. The normalized spacial score (nSPS) is 12.8. The third-order valence-electron chi connectivity index (χ3n) is 3.19. The number of phenolic OH excluding ortho intramolecular Hbond substituents is 1. The van der Waals surface area contributed by atoms with Gasteiger partial charge in [-0.2, -0.15) is 12.6 Å². The van der Waals surface area contributed by atoms with Crippen molar-refractivity contribution in [2.75, 3.05) is 5.75 Å². The predicted octanol–water partition coefficient (Wildman–Crippen LogP) is 4.46. The molecule has 1 rings (SSSR count). The Balaban J connectivity index is 3.48. The third kappa shape index (κ3) is 3.44.